The van der Waals surface area contributed by atoms with E-state index in [1.807, 2.05) is 20.8 Å². The van der Waals surface area contributed by atoms with E-state index in [1.165, 1.54) is 6.42 Å². The molecule has 0 unspecified atom stereocenters. The zero-order valence-corrected chi connectivity index (χ0v) is 18.2. The van der Waals surface area contributed by atoms with Crippen LogP contribution in [-0.4, -0.2) is 47.8 Å². The molecule has 1 aromatic rings. The molecule has 6 rings (SSSR count). The maximum Gasteiger partial charge on any atom is 0.410 e. The van der Waals surface area contributed by atoms with E-state index in [1.54, 1.807) is 11.0 Å². The number of anilines is 1. The van der Waals surface area contributed by atoms with Crippen molar-refractivity contribution >= 4 is 11.9 Å². The van der Waals surface area contributed by atoms with E-state index >= 15 is 0 Å². The predicted octanol–water partition coefficient (Wildman–Crippen LogP) is 4.35. The number of nitrogens with zero attached hydrogens (tertiary/aromatic N) is 3. The SMILES string of the molecule is CC(C)(C)OC(=O)N1CC2(CCN(c3nc4c(cc3F)C[C@H]3C[C@@H]4C3(C)C)C2)C1. The van der Waals surface area contributed by atoms with Crippen LogP contribution in [0.15, 0.2) is 6.07 Å². The fraction of sp³-hybridized carbons (Fsp3) is 0.739. The second-order valence-corrected chi connectivity index (χ2v) is 11.4. The lowest BCUT2D eigenvalue weighted by molar-refractivity contribution is -0.0266. The Labute approximate surface area is 172 Å². The first kappa shape index (κ1) is 19.1. The first-order valence-electron chi connectivity index (χ1n) is 10.9. The van der Waals surface area contributed by atoms with Crippen molar-refractivity contribution in [2.45, 2.75) is 65.4 Å². The third-order valence-corrected chi connectivity index (χ3v) is 7.78. The summed E-state index contributed by atoms with van der Waals surface area (Å²) in [4.78, 5) is 21.0. The van der Waals surface area contributed by atoms with E-state index in [0.717, 1.165) is 37.2 Å². The Morgan fingerprint density at radius 1 is 1.28 bits per heavy atom. The molecule has 5 nitrogen and oxygen atoms in total. The van der Waals surface area contributed by atoms with Gasteiger partial charge in [-0.05, 0) is 63.0 Å². The summed E-state index contributed by atoms with van der Waals surface area (Å²) in [5.41, 5.74) is 2.08. The number of carbonyl (C=O) groups excluding carboxylic acids is 1. The van der Waals surface area contributed by atoms with E-state index in [-0.39, 0.29) is 22.7 Å². The Balaban J connectivity index is 1.30. The molecule has 2 atom stereocenters. The van der Waals surface area contributed by atoms with E-state index in [2.05, 4.69) is 18.7 Å². The van der Waals surface area contributed by atoms with Gasteiger partial charge in [-0.3, -0.25) is 0 Å². The number of hydrogen-bond donors (Lipinski definition) is 0. The van der Waals surface area contributed by atoms with Crippen LogP contribution in [0.1, 0.15) is 64.6 Å². The van der Waals surface area contributed by atoms with Crippen molar-refractivity contribution in [2.75, 3.05) is 31.1 Å². The Bertz CT molecular complexity index is 870. The monoisotopic (exact) mass is 401 g/mol. The van der Waals surface area contributed by atoms with Gasteiger partial charge in [0.2, 0.25) is 0 Å². The van der Waals surface area contributed by atoms with E-state index in [9.17, 15) is 9.18 Å². The lowest BCUT2D eigenvalue weighted by atomic mass is 9.48. The first-order chi connectivity index (χ1) is 13.5. The van der Waals surface area contributed by atoms with Gasteiger partial charge in [-0.25, -0.2) is 14.2 Å². The number of hydrogen-bond acceptors (Lipinski definition) is 4. The molecule has 2 aliphatic heterocycles. The molecule has 1 aromatic heterocycles. The molecule has 1 saturated carbocycles. The Morgan fingerprint density at radius 3 is 2.66 bits per heavy atom. The van der Waals surface area contributed by atoms with Crippen LogP contribution in [-0.2, 0) is 11.2 Å². The molecule has 2 saturated heterocycles. The predicted molar refractivity (Wildman–Crippen MR) is 110 cm³/mol. The normalized spacial score (nSPS) is 28.6. The number of halogens is 1. The number of aromatic nitrogens is 1. The molecule has 3 heterocycles. The fourth-order valence-corrected chi connectivity index (χ4v) is 5.90. The van der Waals surface area contributed by atoms with E-state index < -0.39 is 5.60 Å². The van der Waals surface area contributed by atoms with Gasteiger partial charge in [0.25, 0.3) is 0 Å². The molecule has 5 aliphatic rings. The standard InChI is InChI=1S/C23H32FN3O2/c1-21(2,3)29-20(28)27-12-23(13-27)6-7-26(11-23)19-17(24)9-14-8-15-10-16(18(14)25-19)22(15,4)5/h9,15-16H,6-8,10-13H2,1-5H3/t15-,16-/m0/s1. The summed E-state index contributed by atoms with van der Waals surface area (Å²) in [6, 6.07) is 1.74. The summed E-state index contributed by atoms with van der Waals surface area (Å²) in [5, 5.41) is 0. The average Bonchev–Trinajstić information content (AvgIpc) is 3.03. The van der Waals surface area contributed by atoms with Crippen molar-refractivity contribution in [1.82, 2.24) is 9.88 Å². The van der Waals surface area contributed by atoms with E-state index in [4.69, 9.17) is 9.72 Å². The summed E-state index contributed by atoms with van der Waals surface area (Å²) in [7, 11) is 0. The van der Waals surface area contributed by atoms with Gasteiger partial charge in [0.15, 0.2) is 11.6 Å². The Kier molecular flexibility index (Phi) is 3.86. The second kappa shape index (κ2) is 5.86. The van der Waals surface area contributed by atoms with Crippen molar-refractivity contribution in [3.05, 3.63) is 23.1 Å². The summed E-state index contributed by atoms with van der Waals surface area (Å²) >= 11 is 0. The lowest BCUT2D eigenvalue weighted by Gasteiger charge is -2.56. The molecule has 6 heteroatoms. The number of likely N-dealkylation sites (tertiary alicyclic amines) is 1. The maximum atomic E-state index is 14.9. The van der Waals surface area contributed by atoms with Crippen LogP contribution >= 0.6 is 0 Å². The molecule has 158 valence electrons. The first-order valence-corrected chi connectivity index (χ1v) is 10.9. The van der Waals surface area contributed by atoms with Gasteiger partial charge in [-0.1, -0.05) is 13.8 Å². The zero-order chi connectivity index (χ0) is 20.8. The van der Waals surface area contributed by atoms with Crippen molar-refractivity contribution in [3.8, 4) is 0 Å². The highest BCUT2D eigenvalue weighted by atomic mass is 19.1. The summed E-state index contributed by atoms with van der Waals surface area (Å²) in [5.74, 6) is 1.44. The van der Waals surface area contributed by atoms with Crippen LogP contribution < -0.4 is 4.90 Å². The fourth-order valence-electron chi connectivity index (χ4n) is 5.90. The molecule has 0 aromatic carbocycles. The molecule has 3 aliphatic carbocycles. The molecule has 2 bridgehead atoms. The quantitative estimate of drug-likeness (QED) is 0.702. The smallest absolute Gasteiger partial charge is 0.410 e. The highest BCUT2D eigenvalue weighted by molar-refractivity contribution is 5.69. The van der Waals surface area contributed by atoms with Gasteiger partial charge in [-0.15, -0.1) is 0 Å². The average molecular weight is 402 g/mol. The van der Waals surface area contributed by atoms with Crippen molar-refractivity contribution in [1.29, 1.82) is 0 Å². The minimum absolute atomic E-state index is 0.0434. The van der Waals surface area contributed by atoms with Crippen LogP contribution in [0, 0.1) is 22.6 Å². The molecule has 0 radical (unpaired) electrons. The number of carbonyl (C=O) groups is 1. The van der Waals surface area contributed by atoms with Crippen molar-refractivity contribution < 1.29 is 13.9 Å². The van der Waals surface area contributed by atoms with E-state index in [0.29, 0.717) is 30.7 Å². The molecule has 0 N–H and O–H groups in total. The van der Waals surface area contributed by atoms with Crippen LogP contribution in [0.2, 0.25) is 0 Å². The topological polar surface area (TPSA) is 45.7 Å². The molecular weight excluding hydrogens is 369 g/mol. The van der Waals surface area contributed by atoms with Crippen LogP contribution in [0.25, 0.3) is 0 Å². The van der Waals surface area contributed by atoms with Gasteiger partial charge < -0.3 is 14.5 Å². The van der Waals surface area contributed by atoms with Gasteiger partial charge in [0.05, 0.1) is 0 Å². The van der Waals surface area contributed by atoms with Crippen molar-refractivity contribution in [2.24, 2.45) is 16.7 Å². The molecule has 29 heavy (non-hydrogen) atoms. The summed E-state index contributed by atoms with van der Waals surface area (Å²) in [6.07, 6.45) is 2.85. The third-order valence-electron chi connectivity index (χ3n) is 7.78. The van der Waals surface area contributed by atoms with Gasteiger partial charge >= 0.3 is 6.09 Å². The van der Waals surface area contributed by atoms with Gasteiger partial charge in [-0.2, -0.15) is 0 Å². The van der Waals surface area contributed by atoms with Gasteiger partial charge in [0, 0.05) is 43.2 Å². The van der Waals surface area contributed by atoms with Crippen molar-refractivity contribution in [3.63, 3.8) is 0 Å². The summed E-state index contributed by atoms with van der Waals surface area (Å²) in [6.45, 7) is 13.2. The molecule has 3 fully saturated rings. The highest BCUT2D eigenvalue weighted by Gasteiger charge is 2.54. The maximum absolute atomic E-state index is 14.9. The minimum atomic E-state index is -0.480. The third kappa shape index (κ3) is 2.93. The largest absolute Gasteiger partial charge is 0.444 e. The zero-order valence-electron chi connectivity index (χ0n) is 18.2. The molecular formula is C23H32FN3O2. The second-order valence-electron chi connectivity index (χ2n) is 11.4. The Morgan fingerprint density at radius 2 is 2.00 bits per heavy atom. The lowest BCUT2D eigenvalue weighted by Crippen LogP contribution is -2.60. The number of rotatable bonds is 1. The number of ether oxygens (including phenoxy) is 1. The highest BCUT2D eigenvalue weighted by Crippen LogP contribution is 2.62. The Hall–Kier alpha value is -1.85. The minimum Gasteiger partial charge on any atom is -0.444 e. The molecule has 1 spiro atoms. The van der Waals surface area contributed by atoms with Crippen LogP contribution in [0.4, 0.5) is 15.0 Å². The van der Waals surface area contributed by atoms with Crippen LogP contribution in [0.3, 0.4) is 0 Å². The van der Waals surface area contributed by atoms with Crippen LogP contribution in [0.5, 0.6) is 0 Å². The number of amides is 1. The number of pyridine rings is 1. The molecule has 1 amide bonds. The van der Waals surface area contributed by atoms with Gasteiger partial charge in [0.1, 0.15) is 5.60 Å². The summed E-state index contributed by atoms with van der Waals surface area (Å²) < 4.78 is 20.4.